The molecule has 0 saturated carbocycles. The second kappa shape index (κ2) is 6.29. The molecule has 1 unspecified atom stereocenters. The van der Waals surface area contributed by atoms with Gasteiger partial charge in [-0.3, -0.25) is 4.21 Å². The molecule has 19 heavy (non-hydrogen) atoms. The van der Waals surface area contributed by atoms with E-state index < -0.39 is 31.9 Å². The van der Waals surface area contributed by atoms with Gasteiger partial charge in [0.05, 0.1) is 32.3 Å². The smallest absolute Gasteiger partial charge is 0.336 e. The van der Waals surface area contributed by atoms with Gasteiger partial charge in [-0.05, 0) is 26.0 Å². The van der Waals surface area contributed by atoms with Crippen molar-refractivity contribution in [3.05, 3.63) is 29.8 Å². The van der Waals surface area contributed by atoms with E-state index in [4.69, 9.17) is 5.11 Å². The Balaban J connectivity index is 2.89. The predicted octanol–water partition coefficient (Wildman–Crippen LogP) is 1.32. The standard InChI is InChI=1S/C12H16O5S2/c1-9(2)19(16,17)8-7-18(15)11-6-4-3-5-10(11)12(13)14/h3-6,9H,7-8H2,1-2H3,(H,13,14). The Morgan fingerprint density at radius 3 is 2.42 bits per heavy atom. The largest absolute Gasteiger partial charge is 0.478 e. The summed E-state index contributed by atoms with van der Waals surface area (Å²) in [5.41, 5.74) is -0.0530. The molecule has 0 radical (unpaired) electrons. The van der Waals surface area contributed by atoms with E-state index in [0.29, 0.717) is 0 Å². The van der Waals surface area contributed by atoms with Crippen molar-refractivity contribution >= 4 is 26.6 Å². The van der Waals surface area contributed by atoms with Gasteiger partial charge in [-0.15, -0.1) is 0 Å². The van der Waals surface area contributed by atoms with Crippen molar-refractivity contribution in [2.24, 2.45) is 0 Å². The maximum Gasteiger partial charge on any atom is 0.336 e. The quantitative estimate of drug-likeness (QED) is 0.856. The molecule has 0 aliphatic carbocycles. The number of sulfone groups is 1. The van der Waals surface area contributed by atoms with Crippen LogP contribution in [0.3, 0.4) is 0 Å². The van der Waals surface area contributed by atoms with Crippen molar-refractivity contribution < 1.29 is 22.5 Å². The highest BCUT2D eigenvalue weighted by Gasteiger charge is 2.20. The van der Waals surface area contributed by atoms with E-state index in [-0.39, 0.29) is 22.0 Å². The zero-order valence-electron chi connectivity index (χ0n) is 10.7. The minimum absolute atomic E-state index is 0.0530. The van der Waals surface area contributed by atoms with E-state index in [0.717, 1.165) is 0 Å². The lowest BCUT2D eigenvalue weighted by atomic mass is 10.2. The lowest BCUT2D eigenvalue weighted by Gasteiger charge is -2.08. The third kappa shape index (κ3) is 4.14. The SMILES string of the molecule is CC(C)S(=O)(=O)CCS(=O)c1ccccc1C(=O)O. The van der Waals surface area contributed by atoms with Crippen LogP contribution in [-0.4, -0.2) is 40.5 Å². The highest BCUT2D eigenvalue weighted by atomic mass is 32.2. The van der Waals surface area contributed by atoms with E-state index in [1.54, 1.807) is 19.9 Å². The summed E-state index contributed by atoms with van der Waals surface area (Å²) in [6.07, 6.45) is 0. The van der Waals surface area contributed by atoms with Crippen LogP contribution in [0.25, 0.3) is 0 Å². The van der Waals surface area contributed by atoms with Crippen molar-refractivity contribution in [1.82, 2.24) is 0 Å². The maximum absolute atomic E-state index is 12.0. The third-order valence-electron chi connectivity index (χ3n) is 2.63. The fourth-order valence-electron chi connectivity index (χ4n) is 1.38. The van der Waals surface area contributed by atoms with Gasteiger partial charge in [0.15, 0.2) is 9.84 Å². The molecule has 0 heterocycles. The molecule has 1 atom stereocenters. The zero-order chi connectivity index (χ0) is 14.6. The van der Waals surface area contributed by atoms with Crippen LogP contribution in [0, 0.1) is 0 Å². The van der Waals surface area contributed by atoms with Crippen LogP contribution < -0.4 is 0 Å². The van der Waals surface area contributed by atoms with Gasteiger partial charge in [-0.1, -0.05) is 12.1 Å². The number of hydrogen-bond acceptors (Lipinski definition) is 4. The average Bonchev–Trinajstić information content (AvgIpc) is 2.35. The van der Waals surface area contributed by atoms with Gasteiger partial charge in [0.1, 0.15) is 0 Å². The third-order valence-corrected chi connectivity index (χ3v) is 6.52. The number of carboxylic acid groups (broad SMARTS) is 1. The Morgan fingerprint density at radius 2 is 1.89 bits per heavy atom. The van der Waals surface area contributed by atoms with Crippen LogP contribution >= 0.6 is 0 Å². The van der Waals surface area contributed by atoms with Crippen molar-refractivity contribution in [2.75, 3.05) is 11.5 Å². The molecule has 7 heteroatoms. The molecule has 0 aromatic heterocycles. The fraction of sp³-hybridized carbons (Fsp3) is 0.417. The minimum Gasteiger partial charge on any atom is -0.478 e. The summed E-state index contributed by atoms with van der Waals surface area (Å²) in [5.74, 6) is -1.48. The Hall–Kier alpha value is -1.21. The Bertz CT molecular complexity index is 590. The first-order chi connectivity index (χ1) is 8.75. The van der Waals surface area contributed by atoms with E-state index >= 15 is 0 Å². The molecule has 1 aromatic carbocycles. The van der Waals surface area contributed by atoms with Crippen molar-refractivity contribution in [3.8, 4) is 0 Å². The number of rotatable bonds is 6. The molecule has 0 aliphatic rings. The molecule has 0 aliphatic heterocycles. The lowest BCUT2D eigenvalue weighted by molar-refractivity contribution is 0.0693. The highest BCUT2D eigenvalue weighted by molar-refractivity contribution is 7.93. The molecule has 1 aromatic rings. The zero-order valence-corrected chi connectivity index (χ0v) is 12.3. The fourth-order valence-corrected chi connectivity index (χ4v) is 4.24. The van der Waals surface area contributed by atoms with Gasteiger partial charge in [0.25, 0.3) is 0 Å². The van der Waals surface area contributed by atoms with Gasteiger partial charge in [-0.25, -0.2) is 13.2 Å². The highest BCUT2D eigenvalue weighted by Crippen LogP contribution is 2.14. The van der Waals surface area contributed by atoms with Crippen LogP contribution in [0.2, 0.25) is 0 Å². The van der Waals surface area contributed by atoms with Crippen LogP contribution in [0.1, 0.15) is 24.2 Å². The first-order valence-corrected chi connectivity index (χ1v) is 8.71. The molecule has 0 bridgehead atoms. The van der Waals surface area contributed by atoms with Gasteiger partial charge < -0.3 is 5.11 Å². The Labute approximate surface area is 115 Å². The number of benzene rings is 1. The molecular weight excluding hydrogens is 288 g/mol. The number of hydrogen-bond donors (Lipinski definition) is 1. The van der Waals surface area contributed by atoms with Gasteiger partial charge in [0.2, 0.25) is 0 Å². The normalized spacial score (nSPS) is 13.4. The van der Waals surface area contributed by atoms with Gasteiger partial charge >= 0.3 is 5.97 Å². The van der Waals surface area contributed by atoms with E-state index in [2.05, 4.69) is 0 Å². The molecule has 106 valence electrons. The summed E-state index contributed by atoms with van der Waals surface area (Å²) in [6.45, 7) is 3.12. The maximum atomic E-state index is 12.0. The average molecular weight is 304 g/mol. The molecule has 1 N–H and O–H groups in total. The van der Waals surface area contributed by atoms with Crippen LogP contribution in [0.15, 0.2) is 29.2 Å². The van der Waals surface area contributed by atoms with E-state index in [1.165, 1.54) is 18.2 Å². The molecule has 1 rings (SSSR count). The van der Waals surface area contributed by atoms with Crippen LogP contribution in [0.4, 0.5) is 0 Å². The Kier molecular flexibility index (Phi) is 5.25. The second-order valence-corrected chi connectivity index (χ2v) is 8.48. The number of aromatic carboxylic acids is 1. The van der Waals surface area contributed by atoms with Crippen molar-refractivity contribution in [2.45, 2.75) is 24.0 Å². The summed E-state index contributed by atoms with van der Waals surface area (Å²) in [5, 5.41) is 8.45. The second-order valence-electron chi connectivity index (χ2n) is 4.27. The summed E-state index contributed by atoms with van der Waals surface area (Å²) in [4.78, 5) is 11.1. The van der Waals surface area contributed by atoms with Crippen molar-refractivity contribution in [3.63, 3.8) is 0 Å². The summed E-state index contributed by atoms with van der Waals surface area (Å²) in [7, 11) is -4.91. The molecule has 0 saturated heterocycles. The number of carboxylic acids is 1. The Morgan fingerprint density at radius 1 is 1.32 bits per heavy atom. The molecule has 5 nitrogen and oxygen atoms in total. The van der Waals surface area contributed by atoms with E-state index in [1.807, 2.05) is 0 Å². The molecular formula is C12H16O5S2. The predicted molar refractivity (Wildman–Crippen MR) is 73.6 cm³/mol. The molecule has 0 fully saturated rings. The molecule has 0 spiro atoms. The molecule has 0 amide bonds. The van der Waals surface area contributed by atoms with Crippen LogP contribution in [0.5, 0.6) is 0 Å². The summed E-state index contributed by atoms with van der Waals surface area (Å²) in [6, 6.07) is 5.92. The number of carbonyl (C=O) groups is 1. The first-order valence-electron chi connectivity index (χ1n) is 5.68. The minimum atomic E-state index is -3.27. The van der Waals surface area contributed by atoms with Gasteiger partial charge in [0, 0.05) is 5.75 Å². The van der Waals surface area contributed by atoms with Gasteiger partial charge in [-0.2, -0.15) is 0 Å². The summed E-state index contributed by atoms with van der Waals surface area (Å²) >= 11 is 0. The monoisotopic (exact) mass is 304 g/mol. The van der Waals surface area contributed by atoms with E-state index in [9.17, 15) is 17.4 Å². The van der Waals surface area contributed by atoms with Crippen LogP contribution in [-0.2, 0) is 20.6 Å². The summed E-state index contributed by atoms with van der Waals surface area (Å²) < 4.78 is 35.3. The lowest BCUT2D eigenvalue weighted by Crippen LogP contribution is -2.22. The van der Waals surface area contributed by atoms with Crippen molar-refractivity contribution in [1.29, 1.82) is 0 Å². The topological polar surface area (TPSA) is 88.5 Å². The first kappa shape index (κ1) is 15.8.